The van der Waals surface area contributed by atoms with Crippen molar-refractivity contribution in [2.24, 2.45) is 0 Å². The van der Waals surface area contributed by atoms with Crippen LogP contribution in [0.15, 0.2) is 47.3 Å². The molecule has 1 aliphatic heterocycles. The van der Waals surface area contributed by atoms with Gasteiger partial charge in [-0.3, -0.25) is 14.2 Å². The van der Waals surface area contributed by atoms with E-state index in [1.807, 2.05) is 0 Å². The molecule has 0 spiro atoms. The molecule has 0 amide bonds. The minimum Gasteiger partial charge on any atom is -0.454 e. The van der Waals surface area contributed by atoms with Crippen LogP contribution in [0.1, 0.15) is 33.0 Å². The van der Waals surface area contributed by atoms with Crippen LogP contribution in [0.25, 0.3) is 10.9 Å². The molecule has 0 atom stereocenters. The van der Waals surface area contributed by atoms with E-state index >= 15 is 0 Å². The smallest absolute Gasteiger partial charge is 0.338 e. The molecule has 0 bridgehead atoms. The summed E-state index contributed by atoms with van der Waals surface area (Å²) >= 11 is 0. The van der Waals surface area contributed by atoms with Crippen molar-refractivity contribution in [1.82, 2.24) is 9.55 Å². The zero-order chi connectivity index (χ0) is 19.0. The fourth-order valence-electron chi connectivity index (χ4n) is 3.14. The molecule has 2 aromatic carbocycles. The van der Waals surface area contributed by atoms with E-state index in [4.69, 9.17) is 4.74 Å². The summed E-state index contributed by atoms with van der Waals surface area (Å²) in [6, 6.07) is 9.54. The number of aryl methyl sites for hydroxylation is 1. The Hall–Kier alpha value is -3.35. The van der Waals surface area contributed by atoms with Crippen molar-refractivity contribution in [2.75, 3.05) is 6.61 Å². The predicted molar refractivity (Wildman–Crippen MR) is 95.3 cm³/mol. The van der Waals surface area contributed by atoms with Crippen molar-refractivity contribution < 1.29 is 18.7 Å². The minimum atomic E-state index is -0.685. The largest absolute Gasteiger partial charge is 0.454 e. The van der Waals surface area contributed by atoms with Gasteiger partial charge in [-0.25, -0.2) is 14.2 Å². The monoisotopic (exact) mass is 366 g/mol. The first-order valence-electron chi connectivity index (χ1n) is 8.52. The normalized spacial score (nSPS) is 12.8. The molecule has 7 heteroatoms. The highest BCUT2D eigenvalue weighted by Gasteiger charge is 2.18. The number of hydrogen-bond acceptors (Lipinski definition) is 5. The van der Waals surface area contributed by atoms with E-state index in [0.717, 1.165) is 12.8 Å². The van der Waals surface area contributed by atoms with Gasteiger partial charge in [0.15, 0.2) is 12.4 Å². The van der Waals surface area contributed by atoms with E-state index in [0.29, 0.717) is 23.3 Å². The van der Waals surface area contributed by atoms with E-state index in [1.54, 1.807) is 10.6 Å². The summed E-state index contributed by atoms with van der Waals surface area (Å²) < 4.78 is 19.6. The van der Waals surface area contributed by atoms with Crippen molar-refractivity contribution in [3.05, 3.63) is 75.6 Å². The molecule has 0 saturated heterocycles. The third-order valence-electron chi connectivity index (χ3n) is 4.55. The number of halogens is 1. The number of Topliss-reactive ketones (excluding diaryl/α,β-unsaturated/α-hetero) is 1. The molecule has 136 valence electrons. The summed E-state index contributed by atoms with van der Waals surface area (Å²) in [5.74, 6) is -0.854. The molecule has 0 fully saturated rings. The maximum absolute atomic E-state index is 12.9. The highest BCUT2D eigenvalue weighted by molar-refractivity contribution is 6.00. The average Bonchev–Trinajstić information content (AvgIpc) is 3.15. The van der Waals surface area contributed by atoms with Gasteiger partial charge in [-0.15, -0.1) is 0 Å². The van der Waals surface area contributed by atoms with Crippen molar-refractivity contribution in [3.63, 3.8) is 0 Å². The van der Waals surface area contributed by atoms with Gasteiger partial charge >= 0.3 is 5.97 Å². The molecule has 0 saturated carbocycles. The van der Waals surface area contributed by atoms with Crippen molar-refractivity contribution in [1.29, 1.82) is 0 Å². The Morgan fingerprint density at radius 1 is 1.11 bits per heavy atom. The lowest BCUT2D eigenvalue weighted by Crippen LogP contribution is -2.21. The number of carbonyl (C=O) groups excluding carboxylic acids is 2. The highest BCUT2D eigenvalue weighted by atomic mass is 19.1. The number of rotatable bonds is 4. The SMILES string of the molecule is O=C(COC(=O)c1ccc2c(=O)n3c(nc2c1)CCC3)c1ccc(F)cc1. The van der Waals surface area contributed by atoms with Crippen LogP contribution in [0.5, 0.6) is 0 Å². The number of esters is 1. The van der Waals surface area contributed by atoms with E-state index < -0.39 is 24.2 Å². The minimum absolute atomic E-state index is 0.112. The standard InChI is InChI=1S/C20H15FN2O4/c21-14-6-3-12(4-7-14)17(24)11-27-20(26)13-5-8-15-16(10-13)22-18-2-1-9-23(18)19(15)25/h3-8,10H,1-2,9,11H2. The maximum atomic E-state index is 12.9. The summed E-state index contributed by atoms with van der Waals surface area (Å²) in [5.41, 5.74) is 0.795. The fourth-order valence-corrected chi connectivity index (χ4v) is 3.14. The lowest BCUT2D eigenvalue weighted by molar-refractivity contribution is 0.0475. The quantitative estimate of drug-likeness (QED) is 0.524. The second-order valence-electron chi connectivity index (χ2n) is 6.33. The zero-order valence-electron chi connectivity index (χ0n) is 14.3. The van der Waals surface area contributed by atoms with E-state index in [-0.39, 0.29) is 16.7 Å². The Bertz CT molecular complexity index is 1120. The highest BCUT2D eigenvalue weighted by Crippen LogP contribution is 2.17. The van der Waals surface area contributed by atoms with Crippen molar-refractivity contribution >= 4 is 22.7 Å². The van der Waals surface area contributed by atoms with Gasteiger partial charge in [-0.2, -0.15) is 0 Å². The van der Waals surface area contributed by atoms with Crippen LogP contribution in [0.4, 0.5) is 4.39 Å². The average molecular weight is 366 g/mol. The fraction of sp³-hybridized carbons (Fsp3) is 0.200. The first-order chi connectivity index (χ1) is 13.0. The first-order valence-corrected chi connectivity index (χ1v) is 8.52. The molecule has 27 heavy (non-hydrogen) atoms. The Labute approximate surface area is 153 Å². The van der Waals surface area contributed by atoms with Crippen molar-refractivity contribution in [2.45, 2.75) is 19.4 Å². The van der Waals surface area contributed by atoms with E-state index in [9.17, 15) is 18.8 Å². The molecular formula is C20H15FN2O4. The zero-order valence-corrected chi connectivity index (χ0v) is 14.3. The third kappa shape index (κ3) is 3.23. The number of ether oxygens (including phenoxy) is 1. The van der Waals surface area contributed by atoms with Crippen LogP contribution in [0.3, 0.4) is 0 Å². The molecule has 0 unspecified atom stereocenters. The van der Waals surface area contributed by atoms with Gasteiger partial charge in [0.25, 0.3) is 5.56 Å². The number of nitrogens with zero attached hydrogens (tertiary/aromatic N) is 2. The Morgan fingerprint density at radius 3 is 2.63 bits per heavy atom. The molecule has 6 nitrogen and oxygen atoms in total. The number of benzene rings is 2. The second kappa shape index (κ2) is 6.75. The van der Waals surface area contributed by atoms with Gasteiger partial charge in [-0.1, -0.05) is 0 Å². The molecule has 1 aromatic heterocycles. The van der Waals surface area contributed by atoms with Crippen LogP contribution < -0.4 is 5.56 Å². The molecule has 0 N–H and O–H groups in total. The van der Waals surface area contributed by atoms with Gasteiger partial charge in [-0.05, 0) is 48.9 Å². The Morgan fingerprint density at radius 2 is 1.85 bits per heavy atom. The van der Waals surface area contributed by atoms with Crippen LogP contribution in [0, 0.1) is 5.82 Å². The summed E-state index contributed by atoms with van der Waals surface area (Å²) in [6.07, 6.45) is 1.60. The number of aromatic nitrogens is 2. The lowest BCUT2D eigenvalue weighted by atomic mass is 10.1. The number of carbonyl (C=O) groups is 2. The second-order valence-corrected chi connectivity index (χ2v) is 6.33. The molecular weight excluding hydrogens is 351 g/mol. The van der Waals surface area contributed by atoms with Crippen LogP contribution >= 0.6 is 0 Å². The van der Waals surface area contributed by atoms with Gasteiger partial charge in [0.2, 0.25) is 0 Å². The number of fused-ring (bicyclic) bond motifs is 2. The summed E-state index contributed by atoms with van der Waals surface area (Å²) in [4.78, 5) is 41.2. The molecule has 0 radical (unpaired) electrons. The number of ketones is 1. The lowest BCUT2D eigenvalue weighted by Gasteiger charge is -2.07. The van der Waals surface area contributed by atoms with E-state index in [2.05, 4.69) is 4.98 Å². The van der Waals surface area contributed by atoms with Gasteiger partial charge in [0.05, 0.1) is 16.5 Å². The topological polar surface area (TPSA) is 78.3 Å². The summed E-state index contributed by atoms with van der Waals surface area (Å²) in [5, 5.41) is 0.444. The molecule has 2 heterocycles. The third-order valence-corrected chi connectivity index (χ3v) is 4.55. The van der Waals surface area contributed by atoms with Gasteiger partial charge < -0.3 is 4.74 Å². The van der Waals surface area contributed by atoms with Gasteiger partial charge in [0, 0.05) is 18.5 Å². The summed E-state index contributed by atoms with van der Waals surface area (Å²) in [7, 11) is 0. The predicted octanol–water partition coefficient (Wildman–Crippen LogP) is 2.52. The van der Waals surface area contributed by atoms with Crippen molar-refractivity contribution in [3.8, 4) is 0 Å². The molecule has 1 aliphatic rings. The van der Waals surface area contributed by atoms with Crippen LogP contribution in [-0.2, 0) is 17.7 Å². The van der Waals surface area contributed by atoms with Gasteiger partial charge in [0.1, 0.15) is 11.6 Å². The first kappa shape index (κ1) is 17.1. The molecule has 4 rings (SSSR count). The molecule has 3 aromatic rings. The van der Waals surface area contributed by atoms with Crippen LogP contribution in [0.2, 0.25) is 0 Å². The Kier molecular flexibility index (Phi) is 4.27. The molecule has 0 aliphatic carbocycles. The number of hydrogen-bond donors (Lipinski definition) is 0. The summed E-state index contributed by atoms with van der Waals surface area (Å²) in [6.45, 7) is 0.204. The maximum Gasteiger partial charge on any atom is 0.338 e. The Balaban J connectivity index is 1.52. The van der Waals surface area contributed by atoms with E-state index in [1.165, 1.54) is 36.4 Å². The van der Waals surface area contributed by atoms with Crippen LogP contribution in [-0.4, -0.2) is 27.9 Å².